The molecule has 2 aromatic carbocycles. The largest absolute Gasteiger partial charge is 0.488 e. The van der Waals surface area contributed by atoms with E-state index in [0.29, 0.717) is 25.6 Å². The zero-order chi connectivity index (χ0) is 22.1. The highest BCUT2D eigenvalue weighted by Gasteiger charge is 2.54. The number of ether oxygens (including phenoxy) is 1. The number of carbonyl (C=O) groups is 1. The second kappa shape index (κ2) is 8.18. The Morgan fingerprint density at radius 1 is 1.00 bits per heavy atom. The summed E-state index contributed by atoms with van der Waals surface area (Å²) in [5, 5.41) is 0. The minimum absolute atomic E-state index is 0.0406. The van der Waals surface area contributed by atoms with Crippen molar-refractivity contribution in [2.45, 2.75) is 25.0 Å². The Labute approximate surface area is 184 Å². The van der Waals surface area contributed by atoms with Gasteiger partial charge < -0.3 is 14.5 Å². The van der Waals surface area contributed by atoms with E-state index in [0.717, 1.165) is 30.8 Å². The Morgan fingerprint density at radius 3 is 2.47 bits per heavy atom. The number of halogens is 2. The Hall–Kier alpha value is -3.55. The molecule has 1 spiro atoms. The van der Waals surface area contributed by atoms with Gasteiger partial charge in [0.1, 0.15) is 23.7 Å². The van der Waals surface area contributed by atoms with Crippen molar-refractivity contribution in [2.24, 2.45) is 0 Å². The van der Waals surface area contributed by atoms with E-state index in [1.165, 1.54) is 6.07 Å². The molecular weight excluding hydrogens is 414 g/mol. The predicted molar refractivity (Wildman–Crippen MR) is 114 cm³/mol. The van der Waals surface area contributed by atoms with Crippen LogP contribution in [-0.4, -0.2) is 45.9 Å². The minimum atomic E-state index is -0.597. The third kappa shape index (κ3) is 3.88. The first-order valence-corrected chi connectivity index (χ1v) is 10.6. The van der Waals surface area contributed by atoms with Crippen LogP contribution in [0.15, 0.2) is 60.9 Å². The maximum atomic E-state index is 14.8. The molecule has 0 bridgehead atoms. The summed E-state index contributed by atoms with van der Waals surface area (Å²) in [6.07, 6.45) is 3.89. The van der Waals surface area contributed by atoms with Crippen LogP contribution in [0.25, 0.3) is 0 Å². The van der Waals surface area contributed by atoms with E-state index >= 15 is 0 Å². The SMILES string of the molecule is O=C(c1c(F)cccc1OCc1ccccc1)N1CCN(c2ncc(F)cn2)CC12CC2. The molecular formula is C24H22F2N4O2. The van der Waals surface area contributed by atoms with Crippen molar-refractivity contribution in [1.29, 1.82) is 0 Å². The Kier molecular flexibility index (Phi) is 5.20. The highest BCUT2D eigenvalue weighted by molar-refractivity contribution is 5.98. The number of anilines is 1. The topological polar surface area (TPSA) is 58.6 Å². The molecule has 0 atom stereocenters. The van der Waals surface area contributed by atoms with E-state index in [-0.39, 0.29) is 23.8 Å². The van der Waals surface area contributed by atoms with Crippen molar-refractivity contribution in [1.82, 2.24) is 14.9 Å². The van der Waals surface area contributed by atoms with E-state index in [2.05, 4.69) is 9.97 Å². The van der Waals surface area contributed by atoms with Gasteiger partial charge in [0.2, 0.25) is 5.95 Å². The van der Waals surface area contributed by atoms with Crippen LogP contribution in [0.2, 0.25) is 0 Å². The monoisotopic (exact) mass is 436 g/mol. The summed E-state index contributed by atoms with van der Waals surface area (Å²) >= 11 is 0. The molecule has 1 aliphatic carbocycles. The Morgan fingerprint density at radius 2 is 1.75 bits per heavy atom. The second-order valence-electron chi connectivity index (χ2n) is 8.19. The normalized spacial score (nSPS) is 16.8. The average Bonchev–Trinajstić information content (AvgIpc) is 3.57. The number of aromatic nitrogens is 2. The van der Waals surface area contributed by atoms with Crippen molar-refractivity contribution in [3.05, 3.63) is 83.7 Å². The minimum Gasteiger partial charge on any atom is -0.488 e. The van der Waals surface area contributed by atoms with Crippen LogP contribution >= 0.6 is 0 Å². The van der Waals surface area contributed by atoms with Gasteiger partial charge in [-0.15, -0.1) is 0 Å². The van der Waals surface area contributed by atoms with Gasteiger partial charge in [0, 0.05) is 19.6 Å². The molecule has 32 heavy (non-hydrogen) atoms. The maximum absolute atomic E-state index is 14.8. The van der Waals surface area contributed by atoms with Crippen molar-refractivity contribution < 1.29 is 18.3 Å². The lowest BCUT2D eigenvalue weighted by Crippen LogP contribution is -2.57. The molecule has 0 radical (unpaired) electrons. The van der Waals surface area contributed by atoms with Gasteiger partial charge >= 0.3 is 0 Å². The molecule has 1 amide bonds. The first kappa shape index (κ1) is 20.4. The van der Waals surface area contributed by atoms with Crippen molar-refractivity contribution >= 4 is 11.9 Å². The summed E-state index contributed by atoms with van der Waals surface area (Å²) < 4.78 is 33.9. The van der Waals surface area contributed by atoms with Crippen molar-refractivity contribution in [2.75, 3.05) is 24.5 Å². The van der Waals surface area contributed by atoms with Gasteiger partial charge in [-0.1, -0.05) is 36.4 Å². The molecule has 2 heterocycles. The van der Waals surface area contributed by atoms with Crippen LogP contribution in [-0.2, 0) is 6.61 Å². The smallest absolute Gasteiger partial charge is 0.261 e. The molecule has 5 rings (SSSR count). The first-order chi connectivity index (χ1) is 15.6. The van der Waals surface area contributed by atoms with Gasteiger partial charge in [0.05, 0.1) is 17.9 Å². The summed E-state index contributed by atoms with van der Waals surface area (Å²) in [7, 11) is 0. The number of carbonyl (C=O) groups excluding carboxylic acids is 1. The van der Waals surface area contributed by atoms with Crippen LogP contribution < -0.4 is 9.64 Å². The molecule has 1 saturated carbocycles. The number of amides is 1. The summed E-state index contributed by atoms with van der Waals surface area (Å²) in [5.41, 5.74) is 0.495. The standard InChI is InChI=1S/C24H22F2N4O2/c25-18-13-27-23(28-14-18)29-11-12-30(24(16-29)9-10-24)22(31)21-19(26)7-4-8-20(21)32-15-17-5-2-1-3-6-17/h1-8,13-14H,9-12,15-16H2. The number of rotatable bonds is 5. The quantitative estimate of drug-likeness (QED) is 0.609. The Bertz CT molecular complexity index is 1120. The fourth-order valence-electron chi connectivity index (χ4n) is 4.21. The lowest BCUT2D eigenvalue weighted by Gasteiger charge is -2.42. The highest BCUT2D eigenvalue weighted by atomic mass is 19.1. The van der Waals surface area contributed by atoms with Crippen LogP contribution in [0.5, 0.6) is 5.75 Å². The average molecular weight is 436 g/mol. The van der Waals surface area contributed by atoms with Crippen molar-refractivity contribution in [3.8, 4) is 5.75 Å². The van der Waals surface area contributed by atoms with E-state index in [1.54, 1.807) is 17.0 Å². The first-order valence-electron chi connectivity index (χ1n) is 10.6. The molecule has 1 aliphatic heterocycles. The molecule has 0 N–H and O–H groups in total. The summed E-state index contributed by atoms with van der Waals surface area (Å²) in [4.78, 5) is 25.3. The van der Waals surface area contributed by atoms with Gasteiger partial charge in [-0.05, 0) is 30.5 Å². The van der Waals surface area contributed by atoms with Gasteiger partial charge in [-0.2, -0.15) is 0 Å². The summed E-state index contributed by atoms with van der Waals surface area (Å²) in [6.45, 7) is 1.64. The lowest BCUT2D eigenvalue weighted by atomic mass is 10.1. The number of nitrogens with zero attached hydrogens (tertiary/aromatic N) is 4. The van der Waals surface area contributed by atoms with E-state index < -0.39 is 17.2 Å². The molecule has 2 aliphatic rings. The molecule has 1 saturated heterocycles. The molecule has 1 aromatic heterocycles. The van der Waals surface area contributed by atoms with Crippen LogP contribution in [0, 0.1) is 11.6 Å². The molecule has 6 nitrogen and oxygen atoms in total. The third-order valence-corrected chi connectivity index (χ3v) is 6.04. The molecule has 3 aromatic rings. The molecule has 0 unspecified atom stereocenters. The zero-order valence-electron chi connectivity index (χ0n) is 17.4. The molecule has 8 heteroatoms. The number of hydrogen-bond donors (Lipinski definition) is 0. The fourth-order valence-corrected chi connectivity index (χ4v) is 4.21. The fraction of sp³-hybridized carbons (Fsp3) is 0.292. The Balaban J connectivity index is 1.36. The summed E-state index contributed by atoms with van der Waals surface area (Å²) in [6, 6.07) is 14.0. The lowest BCUT2D eigenvalue weighted by molar-refractivity contribution is 0.0613. The zero-order valence-corrected chi connectivity index (χ0v) is 17.4. The number of piperazine rings is 1. The van der Waals surface area contributed by atoms with Crippen LogP contribution in [0.1, 0.15) is 28.8 Å². The predicted octanol–water partition coefficient (Wildman–Crippen LogP) is 3.83. The van der Waals surface area contributed by atoms with E-state index in [4.69, 9.17) is 4.74 Å². The third-order valence-electron chi connectivity index (χ3n) is 6.04. The van der Waals surface area contributed by atoms with Gasteiger partial charge in [0.25, 0.3) is 5.91 Å². The molecule has 2 fully saturated rings. The number of hydrogen-bond acceptors (Lipinski definition) is 5. The highest BCUT2D eigenvalue weighted by Crippen LogP contribution is 2.46. The molecule has 164 valence electrons. The van der Waals surface area contributed by atoms with Gasteiger partial charge in [-0.25, -0.2) is 18.7 Å². The van der Waals surface area contributed by atoms with E-state index in [9.17, 15) is 13.6 Å². The summed E-state index contributed by atoms with van der Waals surface area (Å²) in [5.74, 6) is -0.795. The van der Waals surface area contributed by atoms with Crippen molar-refractivity contribution in [3.63, 3.8) is 0 Å². The second-order valence-corrected chi connectivity index (χ2v) is 8.19. The van der Waals surface area contributed by atoms with Gasteiger partial charge in [-0.3, -0.25) is 4.79 Å². The van der Waals surface area contributed by atoms with Crippen LogP contribution in [0.4, 0.5) is 14.7 Å². The maximum Gasteiger partial charge on any atom is 0.261 e. The van der Waals surface area contributed by atoms with Crippen LogP contribution in [0.3, 0.4) is 0 Å². The van der Waals surface area contributed by atoms with Gasteiger partial charge in [0.15, 0.2) is 5.82 Å². The van der Waals surface area contributed by atoms with E-state index in [1.807, 2.05) is 35.2 Å². The number of benzene rings is 2.